The minimum atomic E-state index is -1.02. The van der Waals surface area contributed by atoms with Gasteiger partial charge < -0.3 is 19.7 Å². The zero-order valence-corrected chi connectivity index (χ0v) is 25.0. The van der Waals surface area contributed by atoms with E-state index in [1.54, 1.807) is 0 Å². The van der Waals surface area contributed by atoms with Crippen LogP contribution in [0.25, 0.3) is 21.5 Å². The normalized spacial score (nSPS) is 13.1. The number of hydrogen-bond donors (Lipinski definition) is 2. The van der Waals surface area contributed by atoms with Gasteiger partial charge in [0.2, 0.25) is 0 Å². The van der Waals surface area contributed by atoms with E-state index < -0.39 is 18.1 Å². The van der Waals surface area contributed by atoms with Crippen LogP contribution in [0.1, 0.15) is 35.4 Å². The smallest absolute Gasteiger partial charge is 0.157 e. The molecule has 0 fully saturated rings. The zero-order chi connectivity index (χ0) is 31.8. The van der Waals surface area contributed by atoms with Crippen LogP contribution >= 0.6 is 0 Å². The topological polar surface area (TPSA) is 93.1 Å². The fourth-order valence-corrected chi connectivity index (χ4v) is 5.61. The van der Waals surface area contributed by atoms with E-state index in [9.17, 15) is 19.8 Å². The Labute approximate surface area is 262 Å². The number of aliphatic hydroxyl groups is 2. The molecule has 0 heterocycles. The molecule has 0 saturated heterocycles. The molecule has 0 bridgehead atoms. The van der Waals surface area contributed by atoms with Crippen LogP contribution in [-0.2, 0) is 9.59 Å². The van der Waals surface area contributed by atoms with Crippen molar-refractivity contribution in [1.29, 1.82) is 0 Å². The lowest BCUT2D eigenvalue weighted by Gasteiger charge is -2.27. The van der Waals surface area contributed by atoms with Gasteiger partial charge in [0.05, 0.1) is 12.2 Å². The molecule has 45 heavy (non-hydrogen) atoms. The number of rotatable bonds is 15. The van der Waals surface area contributed by atoms with Crippen LogP contribution in [0.4, 0.5) is 0 Å². The van der Waals surface area contributed by atoms with Gasteiger partial charge in [-0.1, -0.05) is 110 Å². The number of carbonyl (C=O) groups is 2. The third-order valence-corrected chi connectivity index (χ3v) is 7.75. The molecule has 0 radical (unpaired) electrons. The van der Waals surface area contributed by atoms with Gasteiger partial charge in [-0.25, -0.2) is 0 Å². The van der Waals surface area contributed by atoms with E-state index in [2.05, 4.69) is 13.2 Å². The van der Waals surface area contributed by atoms with Gasteiger partial charge in [-0.05, 0) is 39.9 Å². The number of carbonyl (C=O) groups excluding carboxylic acids is 2. The van der Waals surface area contributed by atoms with Crippen molar-refractivity contribution in [3.8, 4) is 11.5 Å². The first kappa shape index (κ1) is 31.4. The first-order chi connectivity index (χ1) is 21.9. The molecule has 5 rings (SSSR count). The van der Waals surface area contributed by atoms with Gasteiger partial charge in [-0.3, -0.25) is 9.59 Å². The monoisotopic (exact) mass is 600 g/mol. The lowest BCUT2D eigenvalue weighted by atomic mass is 9.81. The molecule has 0 aromatic heterocycles. The SMILES string of the molecule is C=CC(=O)CC(O)COc1ccc2ccccc2c1C(c1ccccc1)c1ccc2ccccc2c1OCC(O)CC(=O)C=C. The lowest BCUT2D eigenvalue weighted by Crippen LogP contribution is -2.22. The second-order valence-electron chi connectivity index (χ2n) is 10.9. The third kappa shape index (κ3) is 7.37. The maximum absolute atomic E-state index is 11.9. The van der Waals surface area contributed by atoms with Crippen LogP contribution in [-0.4, -0.2) is 47.2 Å². The summed E-state index contributed by atoms with van der Waals surface area (Å²) in [5.74, 6) is 0.222. The Hall–Kier alpha value is -5.04. The summed E-state index contributed by atoms with van der Waals surface area (Å²) in [6.07, 6.45) is 0.182. The summed E-state index contributed by atoms with van der Waals surface area (Å²) in [5, 5.41) is 25.0. The van der Waals surface area contributed by atoms with Crippen LogP contribution in [0.2, 0.25) is 0 Å². The molecule has 6 nitrogen and oxygen atoms in total. The maximum atomic E-state index is 11.9. The fraction of sp³-hybridized carbons (Fsp3) is 0.179. The van der Waals surface area contributed by atoms with Crippen LogP contribution in [0.15, 0.2) is 128 Å². The van der Waals surface area contributed by atoms with E-state index in [-0.39, 0.29) is 37.6 Å². The number of hydrogen-bond acceptors (Lipinski definition) is 6. The molecule has 0 amide bonds. The molecule has 228 valence electrons. The molecule has 6 heteroatoms. The van der Waals surface area contributed by atoms with Crippen molar-refractivity contribution >= 4 is 33.1 Å². The Kier molecular flexibility index (Phi) is 10.2. The first-order valence-corrected chi connectivity index (χ1v) is 14.9. The summed E-state index contributed by atoms with van der Waals surface area (Å²) >= 11 is 0. The van der Waals surface area contributed by atoms with Gasteiger partial charge in [0, 0.05) is 35.3 Å². The minimum absolute atomic E-state index is 0.0863. The molecule has 3 unspecified atom stereocenters. The highest BCUT2D eigenvalue weighted by Crippen LogP contribution is 2.46. The number of allylic oxidation sites excluding steroid dienone is 2. The summed E-state index contributed by atoms with van der Waals surface area (Å²) in [5.41, 5.74) is 2.68. The summed E-state index contributed by atoms with van der Waals surface area (Å²) in [4.78, 5) is 23.8. The molecule has 0 aliphatic heterocycles. The highest BCUT2D eigenvalue weighted by atomic mass is 16.5. The maximum Gasteiger partial charge on any atom is 0.157 e. The van der Waals surface area contributed by atoms with Crippen LogP contribution in [0, 0.1) is 0 Å². The van der Waals surface area contributed by atoms with Gasteiger partial charge in [-0.15, -0.1) is 0 Å². The first-order valence-electron chi connectivity index (χ1n) is 14.9. The highest BCUT2D eigenvalue weighted by Gasteiger charge is 2.28. The van der Waals surface area contributed by atoms with E-state index >= 15 is 0 Å². The molecule has 5 aromatic rings. The molecule has 3 atom stereocenters. The standard InChI is InChI=1S/C39H36O6/c1-3-29(40)22-31(42)24-44-36-21-19-26-12-8-10-16-33(26)38(36)37(28-14-6-5-7-15-28)35-20-18-27-13-9-11-17-34(27)39(35)45-25-32(43)23-30(41)4-2/h3-21,31-32,37,42-43H,1-2,22-25H2. The summed E-state index contributed by atoms with van der Waals surface area (Å²) in [7, 11) is 0. The van der Waals surface area contributed by atoms with Gasteiger partial charge >= 0.3 is 0 Å². The van der Waals surface area contributed by atoms with Crippen molar-refractivity contribution in [2.75, 3.05) is 13.2 Å². The van der Waals surface area contributed by atoms with Gasteiger partial charge in [0.15, 0.2) is 11.6 Å². The van der Waals surface area contributed by atoms with Crippen LogP contribution in [0.3, 0.4) is 0 Å². The van der Waals surface area contributed by atoms with E-state index in [0.717, 1.165) is 38.2 Å². The van der Waals surface area contributed by atoms with Crippen LogP contribution in [0.5, 0.6) is 11.5 Å². The zero-order valence-electron chi connectivity index (χ0n) is 25.0. The number of benzene rings is 5. The van der Waals surface area contributed by atoms with Gasteiger partial charge in [-0.2, -0.15) is 0 Å². The molecule has 0 aliphatic carbocycles. The Bertz CT molecular complexity index is 1830. The molecular formula is C39H36O6. The summed E-state index contributed by atoms with van der Waals surface area (Å²) in [6, 6.07) is 33.8. The summed E-state index contributed by atoms with van der Waals surface area (Å²) < 4.78 is 12.7. The molecule has 2 N–H and O–H groups in total. The Morgan fingerprint density at radius 2 is 1.18 bits per heavy atom. The van der Waals surface area contributed by atoms with E-state index in [1.807, 2.05) is 103 Å². The summed E-state index contributed by atoms with van der Waals surface area (Å²) in [6.45, 7) is 6.82. The molecule has 0 saturated carbocycles. The van der Waals surface area contributed by atoms with E-state index in [0.29, 0.717) is 11.5 Å². The Morgan fingerprint density at radius 1 is 0.644 bits per heavy atom. The molecule has 0 spiro atoms. The average Bonchev–Trinajstić information content (AvgIpc) is 3.07. The van der Waals surface area contributed by atoms with Crippen molar-refractivity contribution in [1.82, 2.24) is 0 Å². The Morgan fingerprint density at radius 3 is 1.82 bits per heavy atom. The average molecular weight is 601 g/mol. The molecular weight excluding hydrogens is 564 g/mol. The van der Waals surface area contributed by atoms with Crippen LogP contribution < -0.4 is 9.47 Å². The van der Waals surface area contributed by atoms with E-state index in [1.165, 1.54) is 12.2 Å². The van der Waals surface area contributed by atoms with Gasteiger partial charge in [0.25, 0.3) is 0 Å². The van der Waals surface area contributed by atoms with Gasteiger partial charge in [0.1, 0.15) is 24.7 Å². The lowest BCUT2D eigenvalue weighted by molar-refractivity contribution is -0.117. The predicted molar refractivity (Wildman–Crippen MR) is 178 cm³/mol. The second-order valence-corrected chi connectivity index (χ2v) is 10.9. The number of fused-ring (bicyclic) bond motifs is 2. The number of ketones is 2. The number of ether oxygens (including phenoxy) is 2. The molecule has 0 aliphatic rings. The number of aliphatic hydroxyl groups excluding tert-OH is 2. The predicted octanol–water partition coefficient (Wildman–Crippen LogP) is 6.94. The minimum Gasteiger partial charge on any atom is -0.491 e. The Balaban J connectivity index is 1.69. The molecule has 5 aromatic carbocycles. The van der Waals surface area contributed by atoms with Crippen molar-refractivity contribution in [3.05, 3.63) is 145 Å². The van der Waals surface area contributed by atoms with Crippen molar-refractivity contribution < 1.29 is 29.3 Å². The van der Waals surface area contributed by atoms with Crippen molar-refractivity contribution in [2.45, 2.75) is 31.0 Å². The van der Waals surface area contributed by atoms with Crippen molar-refractivity contribution in [2.24, 2.45) is 0 Å². The van der Waals surface area contributed by atoms with Crippen molar-refractivity contribution in [3.63, 3.8) is 0 Å². The largest absolute Gasteiger partial charge is 0.491 e. The second kappa shape index (κ2) is 14.6. The fourth-order valence-electron chi connectivity index (χ4n) is 5.61. The van der Waals surface area contributed by atoms with E-state index in [4.69, 9.17) is 9.47 Å². The third-order valence-electron chi connectivity index (χ3n) is 7.75. The quantitative estimate of drug-likeness (QED) is 0.0999. The highest BCUT2D eigenvalue weighted by molar-refractivity contribution is 5.93.